The molecule has 0 radical (unpaired) electrons. The summed E-state index contributed by atoms with van der Waals surface area (Å²) in [6, 6.07) is 2.13. The summed E-state index contributed by atoms with van der Waals surface area (Å²) < 4.78 is 51.7. The number of halogens is 3. The van der Waals surface area contributed by atoms with Crippen LogP contribution in [-0.4, -0.2) is 38.9 Å². The lowest BCUT2D eigenvalue weighted by Gasteiger charge is -2.23. The minimum absolute atomic E-state index is 0. The largest absolute Gasteiger partial charge is 0.315 e. The van der Waals surface area contributed by atoms with Crippen molar-refractivity contribution in [3.05, 3.63) is 29.8 Å². The molecule has 1 aromatic rings. The van der Waals surface area contributed by atoms with Gasteiger partial charge in [0, 0.05) is 25.7 Å². The van der Waals surface area contributed by atoms with Crippen molar-refractivity contribution in [2.45, 2.75) is 17.4 Å². The number of nitrogens with zero attached hydrogens (tertiary/aromatic N) is 1. The van der Waals surface area contributed by atoms with E-state index in [-0.39, 0.29) is 23.3 Å². The van der Waals surface area contributed by atoms with Crippen molar-refractivity contribution < 1.29 is 17.2 Å². The number of sulfonamides is 1. The first-order valence-corrected chi connectivity index (χ1v) is 7.00. The van der Waals surface area contributed by atoms with Crippen molar-refractivity contribution in [3.63, 3.8) is 0 Å². The van der Waals surface area contributed by atoms with Gasteiger partial charge < -0.3 is 5.32 Å². The molecule has 1 atom stereocenters. The SMILES string of the molecule is CN(C1CCNC1)S(=O)(=O)c1cc(F)cc(F)c1.Cl. The summed E-state index contributed by atoms with van der Waals surface area (Å²) in [4.78, 5) is -0.352. The van der Waals surface area contributed by atoms with Gasteiger partial charge >= 0.3 is 0 Å². The van der Waals surface area contributed by atoms with Gasteiger partial charge in [-0.25, -0.2) is 17.2 Å². The van der Waals surface area contributed by atoms with Crippen LogP contribution in [-0.2, 0) is 10.0 Å². The molecule has 0 spiro atoms. The highest BCUT2D eigenvalue weighted by atomic mass is 35.5. The van der Waals surface area contributed by atoms with Gasteiger partial charge in [-0.2, -0.15) is 4.31 Å². The third-order valence-electron chi connectivity index (χ3n) is 3.06. The predicted molar refractivity (Wildman–Crippen MR) is 69.8 cm³/mol. The average molecular weight is 313 g/mol. The highest BCUT2D eigenvalue weighted by Gasteiger charge is 2.30. The van der Waals surface area contributed by atoms with Gasteiger partial charge in [-0.05, 0) is 25.1 Å². The molecule has 1 aliphatic rings. The third kappa shape index (κ3) is 3.42. The van der Waals surface area contributed by atoms with Crippen LogP contribution in [0.15, 0.2) is 23.1 Å². The standard InChI is InChI=1S/C11H14F2N2O2S.ClH/c1-15(10-2-3-14-7-10)18(16,17)11-5-8(12)4-9(13)6-11;/h4-6,10,14H,2-3,7H2,1H3;1H. The Morgan fingerprint density at radius 1 is 1.26 bits per heavy atom. The molecule has 0 amide bonds. The fourth-order valence-corrected chi connectivity index (χ4v) is 3.42. The molecule has 4 nitrogen and oxygen atoms in total. The first-order chi connectivity index (χ1) is 8.41. The predicted octanol–water partition coefficient (Wildman–Crippen LogP) is 1.37. The number of benzene rings is 1. The molecular weight excluding hydrogens is 298 g/mol. The van der Waals surface area contributed by atoms with Gasteiger partial charge in [-0.15, -0.1) is 12.4 Å². The maximum atomic E-state index is 13.1. The Morgan fingerprint density at radius 3 is 2.32 bits per heavy atom. The second-order valence-corrected chi connectivity index (χ2v) is 6.27. The van der Waals surface area contributed by atoms with Gasteiger partial charge in [0.05, 0.1) is 4.90 Å². The van der Waals surface area contributed by atoms with Crippen LogP contribution < -0.4 is 5.32 Å². The Balaban J connectivity index is 0.00000180. The molecule has 108 valence electrons. The normalized spacial score (nSPS) is 19.5. The van der Waals surface area contributed by atoms with E-state index in [0.29, 0.717) is 19.0 Å². The van der Waals surface area contributed by atoms with E-state index >= 15 is 0 Å². The number of nitrogens with one attached hydrogen (secondary N) is 1. The summed E-state index contributed by atoms with van der Waals surface area (Å²) in [7, 11) is -2.43. The number of rotatable bonds is 3. The van der Waals surface area contributed by atoms with E-state index < -0.39 is 21.7 Å². The van der Waals surface area contributed by atoms with Crippen LogP contribution in [0.2, 0.25) is 0 Å². The summed E-state index contributed by atoms with van der Waals surface area (Å²) in [6.45, 7) is 1.29. The molecule has 1 unspecified atom stereocenters. The molecule has 0 bridgehead atoms. The minimum atomic E-state index is -3.85. The molecule has 0 aliphatic carbocycles. The Bertz CT molecular complexity index is 527. The van der Waals surface area contributed by atoms with Crippen molar-refractivity contribution in [2.75, 3.05) is 20.1 Å². The fraction of sp³-hybridized carbons (Fsp3) is 0.455. The third-order valence-corrected chi connectivity index (χ3v) is 4.95. The van der Waals surface area contributed by atoms with Crippen LogP contribution >= 0.6 is 12.4 Å². The molecule has 1 heterocycles. The molecule has 2 rings (SSSR count). The van der Waals surface area contributed by atoms with Gasteiger partial charge in [0.15, 0.2) is 0 Å². The molecule has 1 fully saturated rings. The van der Waals surface area contributed by atoms with E-state index in [1.54, 1.807) is 0 Å². The van der Waals surface area contributed by atoms with Gasteiger partial charge in [0.1, 0.15) is 11.6 Å². The van der Waals surface area contributed by atoms with Crippen molar-refractivity contribution in [3.8, 4) is 0 Å². The van der Waals surface area contributed by atoms with Gasteiger partial charge in [-0.1, -0.05) is 0 Å². The smallest absolute Gasteiger partial charge is 0.243 e. The van der Waals surface area contributed by atoms with Crippen LogP contribution in [0.4, 0.5) is 8.78 Å². The van der Waals surface area contributed by atoms with Crippen LogP contribution in [0.3, 0.4) is 0 Å². The Kier molecular flexibility index (Phi) is 5.26. The summed E-state index contributed by atoms with van der Waals surface area (Å²) >= 11 is 0. The number of hydrogen-bond donors (Lipinski definition) is 1. The summed E-state index contributed by atoms with van der Waals surface area (Å²) in [5.74, 6) is -1.79. The minimum Gasteiger partial charge on any atom is -0.315 e. The second kappa shape index (κ2) is 6.13. The molecular formula is C11H15ClF2N2O2S. The Hall–Kier alpha value is -0.760. The lowest BCUT2D eigenvalue weighted by atomic mass is 10.3. The monoisotopic (exact) mass is 312 g/mol. The highest BCUT2D eigenvalue weighted by Crippen LogP contribution is 2.21. The molecule has 1 N–H and O–H groups in total. The topological polar surface area (TPSA) is 49.4 Å². The zero-order valence-corrected chi connectivity index (χ0v) is 11.9. The van der Waals surface area contributed by atoms with Crippen LogP contribution in [0.5, 0.6) is 0 Å². The maximum Gasteiger partial charge on any atom is 0.243 e. The van der Waals surface area contributed by atoms with E-state index in [2.05, 4.69) is 5.32 Å². The van der Waals surface area contributed by atoms with Crippen molar-refractivity contribution in [1.82, 2.24) is 9.62 Å². The fourth-order valence-electron chi connectivity index (χ4n) is 1.99. The van der Waals surface area contributed by atoms with E-state index in [1.807, 2.05) is 0 Å². The van der Waals surface area contributed by atoms with Gasteiger partial charge in [-0.3, -0.25) is 0 Å². The van der Waals surface area contributed by atoms with Crippen molar-refractivity contribution in [1.29, 1.82) is 0 Å². The summed E-state index contributed by atoms with van der Waals surface area (Å²) in [6.07, 6.45) is 0.688. The second-order valence-electron chi connectivity index (χ2n) is 4.27. The maximum absolute atomic E-state index is 13.1. The van der Waals surface area contributed by atoms with E-state index in [1.165, 1.54) is 11.4 Å². The molecule has 1 saturated heterocycles. The van der Waals surface area contributed by atoms with E-state index in [4.69, 9.17) is 0 Å². The Morgan fingerprint density at radius 2 is 1.84 bits per heavy atom. The van der Waals surface area contributed by atoms with E-state index in [9.17, 15) is 17.2 Å². The summed E-state index contributed by atoms with van der Waals surface area (Å²) in [5.41, 5.74) is 0. The van der Waals surface area contributed by atoms with Gasteiger partial charge in [0.2, 0.25) is 10.0 Å². The molecule has 1 aliphatic heterocycles. The first-order valence-electron chi connectivity index (χ1n) is 5.56. The number of likely N-dealkylation sites (N-methyl/N-ethyl adjacent to an activating group) is 1. The quantitative estimate of drug-likeness (QED) is 0.917. The average Bonchev–Trinajstić information content (AvgIpc) is 2.79. The molecule has 8 heteroatoms. The molecule has 0 aromatic heterocycles. The zero-order chi connectivity index (χ0) is 13.3. The molecule has 0 saturated carbocycles. The summed E-state index contributed by atoms with van der Waals surface area (Å²) in [5, 5.41) is 3.05. The first kappa shape index (κ1) is 16.3. The van der Waals surface area contributed by atoms with Crippen molar-refractivity contribution >= 4 is 22.4 Å². The number of hydrogen-bond acceptors (Lipinski definition) is 3. The lowest BCUT2D eigenvalue weighted by Crippen LogP contribution is -2.38. The van der Waals surface area contributed by atoms with E-state index in [0.717, 1.165) is 18.7 Å². The lowest BCUT2D eigenvalue weighted by molar-refractivity contribution is 0.387. The molecule has 1 aromatic carbocycles. The highest BCUT2D eigenvalue weighted by molar-refractivity contribution is 7.89. The molecule has 19 heavy (non-hydrogen) atoms. The van der Waals surface area contributed by atoms with Crippen LogP contribution in [0, 0.1) is 11.6 Å². The van der Waals surface area contributed by atoms with Crippen LogP contribution in [0.25, 0.3) is 0 Å². The van der Waals surface area contributed by atoms with Crippen molar-refractivity contribution in [2.24, 2.45) is 0 Å². The Labute approximate surface area is 117 Å². The van der Waals surface area contributed by atoms with Crippen LogP contribution in [0.1, 0.15) is 6.42 Å². The zero-order valence-electron chi connectivity index (χ0n) is 10.3. The van der Waals surface area contributed by atoms with Gasteiger partial charge in [0.25, 0.3) is 0 Å².